The van der Waals surface area contributed by atoms with E-state index >= 15 is 0 Å². The van der Waals surface area contributed by atoms with E-state index in [1.807, 2.05) is 13.8 Å². The molecule has 0 aliphatic heterocycles. The first-order valence-corrected chi connectivity index (χ1v) is 8.04. The number of ether oxygens (including phenoxy) is 1. The van der Waals surface area contributed by atoms with E-state index in [1.165, 1.54) is 0 Å². The smallest absolute Gasteiger partial charge is 0.336 e. The molecule has 0 aromatic carbocycles. The summed E-state index contributed by atoms with van der Waals surface area (Å²) in [6.45, 7) is 5.82. The fourth-order valence-corrected chi connectivity index (χ4v) is 2.48. The van der Waals surface area contributed by atoms with Crippen molar-refractivity contribution in [1.82, 2.24) is 0 Å². The molecule has 0 rings (SSSR count). The number of carbonyl (C=O) groups is 3. The van der Waals surface area contributed by atoms with Crippen molar-refractivity contribution in [2.75, 3.05) is 0 Å². The summed E-state index contributed by atoms with van der Waals surface area (Å²) in [6, 6.07) is 0. The number of hydrogen-bond donors (Lipinski definition) is 3. The maximum Gasteiger partial charge on any atom is 0.336 e. The van der Waals surface area contributed by atoms with E-state index in [0.29, 0.717) is 19.3 Å². The lowest BCUT2D eigenvalue weighted by atomic mass is 9.89. The highest BCUT2D eigenvalue weighted by Gasteiger charge is 2.43. The van der Waals surface area contributed by atoms with Gasteiger partial charge in [0.15, 0.2) is 5.60 Å². The van der Waals surface area contributed by atoms with Crippen LogP contribution in [0.2, 0.25) is 0 Å². The van der Waals surface area contributed by atoms with E-state index in [2.05, 4.69) is 6.92 Å². The molecular weight excluding hydrogens is 304 g/mol. The number of unbranched alkanes of at least 4 members (excludes halogenated alkanes) is 2. The van der Waals surface area contributed by atoms with Crippen molar-refractivity contribution in [3.63, 3.8) is 0 Å². The van der Waals surface area contributed by atoms with E-state index in [9.17, 15) is 19.5 Å². The Morgan fingerprint density at radius 2 is 1.52 bits per heavy atom. The minimum atomic E-state index is -2.65. The van der Waals surface area contributed by atoms with Gasteiger partial charge in [0.05, 0.1) is 12.8 Å². The zero-order valence-electron chi connectivity index (χ0n) is 14.1. The second kappa shape index (κ2) is 9.50. The second-order valence-electron chi connectivity index (χ2n) is 5.91. The van der Waals surface area contributed by atoms with E-state index in [0.717, 1.165) is 19.3 Å². The number of aliphatic carboxylic acids is 2. The molecule has 0 radical (unpaired) electrons. The molecule has 0 saturated carbocycles. The molecule has 0 aromatic heterocycles. The van der Waals surface area contributed by atoms with E-state index in [-0.39, 0.29) is 0 Å². The number of hydrogen-bond acceptors (Lipinski definition) is 5. The zero-order chi connectivity index (χ0) is 18.1. The van der Waals surface area contributed by atoms with E-state index < -0.39 is 42.0 Å². The normalized spacial score (nSPS) is 14.1. The average molecular weight is 332 g/mol. The maximum absolute atomic E-state index is 12.1. The van der Waals surface area contributed by atoms with Gasteiger partial charge in [0, 0.05) is 0 Å². The third-order valence-corrected chi connectivity index (χ3v) is 4.13. The van der Waals surface area contributed by atoms with Gasteiger partial charge in [-0.2, -0.15) is 0 Å². The van der Waals surface area contributed by atoms with Gasteiger partial charge in [-0.05, 0) is 25.7 Å². The highest BCUT2D eigenvalue weighted by Crippen LogP contribution is 2.29. The molecule has 7 nitrogen and oxygen atoms in total. The molecule has 134 valence electrons. The van der Waals surface area contributed by atoms with Crippen LogP contribution in [0.3, 0.4) is 0 Å². The molecule has 0 spiro atoms. The summed E-state index contributed by atoms with van der Waals surface area (Å²) < 4.78 is 5.46. The first-order valence-electron chi connectivity index (χ1n) is 8.04. The fraction of sp³-hybridized carbons (Fsp3) is 0.812. The lowest BCUT2D eigenvalue weighted by Crippen LogP contribution is -2.45. The monoisotopic (exact) mass is 332 g/mol. The molecule has 23 heavy (non-hydrogen) atoms. The van der Waals surface area contributed by atoms with Crippen LogP contribution >= 0.6 is 0 Å². The van der Waals surface area contributed by atoms with Crippen LogP contribution in [0.5, 0.6) is 0 Å². The van der Waals surface area contributed by atoms with Crippen LogP contribution in [0.1, 0.15) is 72.1 Å². The Hall–Kier alpha value is -1.63. The van der Waals surface area contributed by atoms with Crippen molar-refractivity contribution in [3.8, 4) is 0 Å². The fourth-order valence-electron chi connectivity index (χ4n) is 2.48. The highest BCUT2D eigenvalue weighted by molar-refractivity contribution is 5.88. The number of rotatable bonds is 12. The summed E-state index contributed by atoms with van der Waals surface area (Å²) in [5.74, 6) is -4.14. The number of aliphatic hydroxyl groups is 1. The van der Waals surface area contributed by atoms with Crippen LogP contribution in [0.25, 0.3) is 0 Å². The molecule has 0 heterocycles. The van der Waals surface area contributed by atoms with Gasteiger partial charge in [0.2, 0.25) is 0 Å². The Labute approximate surface area is 136 Å². The van der Waals surface area contributed by atoms with Crippen LogP contribution in [-0.2, 0) is 19.1 Å². The summed E-state index contributed by atoms with van der Waals surface area (Å²) in [5.41, 5.74) is -3.35. The van der Waals surface area contributed by atoms with Gasteiger partial charge >= 0.3 is 17.9 Å². The number of esters is 1. The van der Waals surface area contributed by atoms with Crippen LogP contribution in [0.4, 0.5) is 0 Å². The Morgan fingerprint density at radius 3 is 1.91 bits per heavy atom. The summed E-state index contributed by atoms with van der Waals surface area (Å²) in [5, 5.41) is 27.6. The third kappa shape index (κ3) is 6.99. The second-order valence-corrected chi connectivity index (χ2v) is 5.91. The molecule has 1 unspecified atom stereocenters. The van der Waals surface area contributed by atoms with Gasteiger partial charge in [-0.3, -0.25) is 9.59 Å². The Morgan fingerprint density at radius 1 is 0.957 bits per heavy atom. The maximum atomic E-state index is 12.1. The number of carbonyl (C=O) groups excluding carboxylic acids is 1. The molecule has 0 fully saturated rings. The Bertz CT molecular complexity index is 415. The van der Waals surface area contributed by atoms with Crippen molar-refractivity contribution < 1.29 is 34.4 Å². The van der Waals surface area contributed by atoms with Crippen LogP contribution < -0.4 is 0 Å². The van der Waals surface area contributed by atoms with Gasteiger partial charge in [0.1, 0.15) is 5.60 Å². The first kappa shape index (κ1) is 21.4. The van der Waals surface area contributed by atoms with Gasteiger partial charge in [-0.15, -0.1) is 0 Å². The van der Waals surface area contributed by atoms with Crippen molar-refractivity contribution in [1.29, 1.82) is 0 Å². The quantitative estimate of drug-likeness (QED) is 0.370. The standard InChI is InChI=1S/C16H28O7/c1-4-7-8-9-15(5-2,6-3)23-13(19)11-16(22,14(20)21)10-12(17)18/h22H,4-11H2,1-3H3,(H,17,18)(H,20,21). The lowest BCUT2D eigenvalue weighted by molar-refractivity contribution is -0.178. The molecule has 0 amide bonds. The number of carboxylic acid groups (broad SMARTS) is 2. The summed E-state index contributed by atoms with van der Waals surface area (Å²) in [6.07, 6.45) is 2.76. The Kier molecular flexibility index (Phi) is 8.82. The predicted octanol–water partition coefficient (Wildman–Crippen LogP) is 2.35. The molecule has 0 aliphatic carbocycles. The zero-order valence-corrected chi connectivity index (χ0v) is 14.1. The lowest BCUT2D eigenvalue weighted by Gasteiger charge is -2.33. The van der Waals surface area contributed by atoms with Crippen LogP contribution in [0, 0.1) is 0 Å². The van der Waals surface area contributed by atoms with Gasteiger partial charge in [0.25, 0.3) is 0 Å². The summed E-state index contributed by atoms with van der Waals surface area (Å²) in [4.78, 5) is 33.9. The van der Waals surface area contributed by atoms with Crippen molar-refractivity contribution in [2.24, 2.45) is 0 Å². The van der Waals surface area contributed by atoms with E-state index in [1.54, 1.807) is 0 Å². The van der Waals surface area contributed by atoms with Crippen LogP contribution in [-0.4, -0.2) is 44.4 Å². The molecule has 0 aromatic rings. The van der Waals surface area contributed by atoms with Gasteiger partial charge in [-0.1, -0.05) is 33.6 Å². The molecule has 0 bridgehead atoms. The van der Waals surface area contributed by atoms with Gasteiger partial charge in [-0.25, -0.2) is 4.79 Å². The van der Waals surface area contributed by atoms with Gasteiger partial charge < -0.3 is 20.1 Å². The summed E-state index contributed by atoms with van der Waals surface area (Å²) >= 11 is 0. The molecule has 7 heteroatoms. The Balaban J connectivity index is 4.97. The SMILES string of the molecule is CCCCCC(CC)(CC)OC(=O)CC(O)(CC(=O)O)C(=O)O. The first-order chi connectivity index (χ1) is 10.6. The molecular formula is C16H28O7. The van der Waals surface area contributed by atoms with Crippen molar-refractivity contribution in [3.05, 3.63) is 0 Å². The van der Waals surface area contributed by atoms with Crippen molar-refractivity contribution in [2.45, 2.75) is 83.3 Å². The molecule has 1 atom stereocenters. The molecule has 3 N–H and O–H groups in total. The minimum absolute atomic E-state index is 0.573. The topological polar surface area (TPSA) is 121 Å². The largest absolute Gasteiger partial charge is 0.481 e. The average Bonchev–Trinajstić information content (AvgIpc) is 2.45. The highest BCUT2D eigenvalue weighted by atomic mass is 16.6. The molecule has 0 aliphatic rings. The molecule has 0 saturated heterocycles. The third-order valence-electron chi connectivity index (χ3n) is 4.13. The number of carboxylic acids is 2. The minimum Gasteiger partial charge on any atom is -0.481 e. The predicted molar refractivity (Wildman–Crippen MR) is 83.0 cm³/mol. The van der Waals surface area contributed by atoms with Crippen LogP contribution in [0.15, 0.2) is 0 Å². The van der Waals surface area contributed by atoms with Crippen molar-refractivity contribution >= 4 is 17.9 Å². The summed E-state index contributed by atoms with van der Waals surface area (Å²) in [7, 11) is 0. The van der Waals surface area contributed by atoms with E-state index in [4.69, 9.17) is 14.9 Å².